The molecule has 0 saturated heterocycles. The molecule has 0 unspecified atom stereocenters. The van der Waals surface area contributed by atoms with Crippen LogP contribution in [0.2, 0.25) is 0 Å². The average molecular weight is 279 g/mol. The molecule has 1 aromatic carbocycles. The molecule has 3 N–H and O–H groups in total. The number of anilines is 2. The summed E-state index contributed by atoms with van der Waals surface area (Å²) >= 11 is 2.98. The van der Waals surface area contributed by atoms with Gasteiger partial charge in [-0.05, 0) is 17.7 Å². The van der Waals surface area contributed by atoms with E-state index < -0.39 is 0 Å². The molecule has 0 atom stereocenters. The lowest BCUT2D eigenvalue weighted by atomic mass is 10.2. The number of benzene rings is 1. The highest BCUT2D eigenvalue weighted by Gasteiger charge is 2.04. The number of aromatic nitrogens is 1. The fourth-order valence-electron chi connectivity index (χ4n) is 1.32. The van der Waals surface area contributed by atoms with Gasteiger partial charge in [0, 0.05) is 23.0 Å². The first-order valence-electron chi connectivity index (χ1n) is 5.35. The third kappa shape index (κ3) is 4.05. The van der Waals surface area contributed by atoms with Gasteiger partial charge in [0.05, 0.1) is 5.75 Å². The van der Waals surface area contributed by atoms with Gasteiger partial charge in [0.2, 0.25) is 5.91 Å². The Bertz CT molecular complexity index is 497. The van der Waals surface area contributed by atoms with Crippen LogP contribution in [0.3, 0.4) is 0 Å². The number of nitrogens with two attached hydrogens (primary N) is 1. The van der Waals surface area contributed by atoms with Crippen LogP contribution in [-0.2, 0) is 10.5 Å². The monoisotopic (exact) mass is 279 g/mol. The molecular formula is C12H13N3OS2. The van der Waals surface area contributed by atoms with Gasteiger partial charge in [0.15, 0.2) is 5.13 Å². The van der Waals surface area contributed by atoms with Gasteiger partial charge in [-0.2, -0.15) is 0 Å². The molecule has 0 aliphatic heterocycles. The van der Waals surface area contributed by atoms with Crippen LogP contribution in [0.25, 0.3) is 0 Å². The first-order valence-corrected chi connectivity index (χ1v) is 7.39. The summed E-state index contributed by atoms with van der Waals surface area (Å²) in [4.78, 5) is 15.6. The van der Waals surface area contributed by atoms with Crippen molar-refractivity contribution in [3.63, 3.8) is 0 Å². The zero-order chi connectivity index (χ0) is 12.8. The van der Waals surface area contributed by atoms with Crippen LogP contribution < -0.4 is 11.1 Å². The number of nitrogens with zero attached hydrogens (tertiary/aromatic N) is 1. The van der Waals surface area contributed by atoms with E-state index in [-0.39, 0.29) is 5.91 Å². The molecule has 0 bridgehead atoms. The molecule has 94 valence electrons. The first-order chi connectivity index (χ1) is 8.74. The van der Waals surface area contributed by atoms with E-state index in [0.29, 0.717) is 10.9 Å². The van der Waals surface area contributed by atoms with Gasteiger partial charge < -0.3 is 11.1 Å². The van der Waals surface area contributed by atoms with Gasteiger partial charge in [-0.1, -0.05) is 12.1 Å². The van der Waals surface area contributed by atoms with Gasteiger partial charge in [-0.25, -0.2) is 4.98 Å². The second-order valence-electron chi connectivity index (χ2n) is 3.62. The minimum atomic E-state index is -0.0228. The maximum Gasteiger partial charge on any atom is 0.236 e. The molecule has 1 amide bonds. The molecule has 0 spiro atoms. The summed E-state index contributed by atoms with van der Waals surface area (Å²) in [5.41, 5.74) is 7.52. The second-order valence-corrected chi connectivity index (χ2v) is 5.50. The van der Waals surface area contributed by atoms with E-state index in [4.69, 9.17) is 5.73 Å². The molecule has 0 saturated carbocycles. The number of nitrogen functional groups attached to an aromatic ring is 1. The number of hydrogen-bond acceptors (Lipinski definition) is 5. The van der Waals surface area contributed by atoms with Crippen LogP contribution in [0.1, 0.15) is 5.56 Å². The number of hydrogen-bond donors (Lipinski definition) is 2. The van der Waals surface area contributed by atoms with Crippen molar-refractivity contribution in [2.45, 2.75) is 5.75 Å². The number of carbonyl (C=O) groups excluding carboxylic acids is 1. The van der Waals surface area contributed by atoms with E-state index in [0.717, 1.165) is 17.0 Å². The molecule has 0 radical (unpaired) electrons. The highest BCUT2D eigenvalue weighted by molar-refractivity contribution is 7.99. The molecule has 18 heavy (non-hydrogen) atoms. The Kier molecular flexibility index (Phi) is 4.60. The standard InChI is InChI=1S/C12H13N3OS2/c13-10-3-1-9(2-4-10)7-17-8-11(16)15-12-14-5-6-18-12/h1-6H,7-8,13H2,(H,14,15,16). The van der Waals surface area contributed by atoms with E-state index in [1.54, 1.807) is 18.0 Å². The zero-order valence-corrected chi connectivity index (χ0v) is 11.3. The third-order valence-electron chi connectivity index (χ3n) is 2.16. The number of thioether (sulfide) groups is 1. The van der Waals surface area contributed by atoms with Crippen molar-refractivity contribution in [3.8, 4) is 0 Å². The Hall–Kier alpha value is -1.53. The highest BCUT2D eigenvalue weighted by atomic mass is 32.2. The summed E-state index contributed by atoms with van der Waals surface area (Å²) in [6.07, 6.45) is 1.67. The number of rotatable bonds is 5. The SMILES string of the molecule is Nc1ccc(CSCC(=O)Nc2nccs2)cc1. The third-order valence-corrected chi connectivity index (χ3v) is 3.85. The smallest absolute Gasteiger partial charge is 0.236 e. The maximum atomic E-state index is 11.6. The van der Waals surface area contributed by atoms with E-state index in [9.17, 15) is 4.79 Å². The van der Waals surface area contributed by atoms with Gasteiger partial charge >= 0.3 is 0 Å². The minimum Gasteiger partial charge on any atom is -0.399 e. The Morgan fingerprint density at radius 1 is 1.39 bits per heavy atom. The molecule has 0 aliphatic carbocycles. The molecule has 2 rings (SSSR count). The zero-order valence-electron chi connectivity index (χ0n) is 9.63. The number of nitrogens with one attached hydrogen (secondary N) is 1. The normalized spacial score (nSPS) is 10.2. The summed E-state index contributed by atoms with van der Waals surface area (Å²) in [5, 5.41) is 5.22. The molecule has 0 aliphatic rings. The lowest BCUT2D eigenvalue weighted by molar-refractivity contribution is -0.113. The summed E-state index contributed by atoms with van der Waals surface area (Å²) in [6.45, 7) is 0. The van der Waals surface area contributed by atoms with Crippen molar-refractivity contribution in [3.05, 3.63) is 41.4 Å². The van der Waals surface area contributed by atoms with Crippen LogP contribution in [0, 0.1) is 0 Å². The van der Waals surface area contributed by atoms with Crippen LogP contribution in [-0.4, -0.2) is 16.6 Å². The lowest BCUT2D eigenvalue weighted by Gasteiger charge is -2.03. The second kappa shape index (κ2) is 6.42. The summed E-state index contributed by atoms with van der Waals surface area (Å²) in [6, 6.07) is 7.68. The Labute approximate surface area is 114 Å². The topological polar surface area (TPSA) is 68.0 Å². The molecule has 1 heterocycles. The predicted molar refractivity (Wildman–Crippen MR) is 77.8 cm³/mol. The quantitative estimate of drug-likeness (QED) is 0.826. The fraction of sp³-hybridized carbons (Fsp3) is 0.167. The Morgan fingerprint density at radius 2 is 2.17 bits per heavy atom. The van der Waals surface area contributed by atoms with E-state index >= 15 is 0 Å². The van der Waals surface area contributed by atoms with Crippen LogP contribution in [0.15, 0.2) is 35.8 Å². The Balaban J connectivity index is 1.72. The molecule has 6 heteroatoms. The van der Waals surface area contributed by atoms with Crippen molar-refractivity contribution >= 4 is 39.8 Å². The van der Waals surface area contributed by atoms with Crippen LogP contribution >= 0.6 is 23.1 Å². The van der Waals surface area contributed by atoms with E-state index in [2.05, 4.69) is 10.3 Å². The van der Waals surface area contributed by atoms with Crippen molar-refractivity contribution in [2.24, 2.45) is 0 Å². The first kappa shape index (κ1) is 12.9. The van der Waals surface area contributed by atoms with E-state index in [1.807, 2.05) is 29.6 Å². The molecule has 1 aromatic heterocycles. The van der Waals surface area contributed by atoms with Gasteiger partial charge in [-0.15, -0.1) is 23.1 Å². The van der Waals surface area contributed by atoms with Crippen LogP contribution in [0.5, 0.6) is 0 Å². The molecule has 2 aromatic rings. The number of thiazole rings is 1. The molecule has 4 nitrogen and oxygen atoms in total. The number of carbonyl (C=O) groups is 1. The van der Waals surface area contributed by atoms with Crippen molar-refractivity contribution < 1.29 is 4.79 Å². The maximum absolute atomic E-state index is 11.6. The van der Waals surface area contributed by atoms with Gasteiger partial charge in [0.25, 0.3) is 0 Å². The summed E-state index contributed by atoms with van der Waals surface area (Å²) in [7, 11) is 0. The average Bonchev–Trinajstić information content (AvgIpc) is 2.84. The fourth-order valence-corrected chi connectivity index (χ4v) is 2.65. The van der Waals surface area contributed by atoms with Crippen molar-refractivity contribution in [2.75, 3.05) is 16.8 Å². The minimum absolute atomic E-state index is 0.0228. The van der Waals surface area contributed by atoms with Gasteiger partial charge in [-0.3, -0.25) is 4.79 Å². The Morgan fingerprint density at radius 3 is 2.83 bits per heavy atom. The summed E-state index contributed by atoms with van der Waals surface area (Å²) < 4.78 is 0. The van der Waals surface area contributed by atoms with Crippen LogP contribution in [0.4, 0.5) is 10.8 Å². The molecular weight excluding hydrogens is 266 g/mol. The van der Waals surface area contributed by atoms with Gasteiger partial charge in [0.1, 0.15) is 0 Å². The highest BCUT2D eigenvalue weighted by Crippen LogP contribution is 2.15. The van der Waals surface area contributed by atoms with E-state index in [1.165, 1.54) is 11.3 Å². The molecule has 0 fully saturated rings. The predicted octanol–water partition coefficient (Wildman–Crippen LogP) is 2.60. The lowest BCUT2D eigenvalue weighted by Crippen LogP contribution is -2.13. The van der Waals surface area contributed by atoms with Crippen molar-refractivity contribution in [1.82, 2.24) is 4.98 Å². The summed E-state index contributed by atoms with van der Waals surface area (Å²) in [5.74, 6) is 1.20. The largest absolute Gasteiger partial charge is 0.399 e. The number of amides is 1. The van der Waals surface area contributed by atoms with Crippen molar-refractivity contribution in [1.29, 1.82) is 0 Å².